The van der Waals surface area contributed by atoms with Gasteiger partial charge in [-0.2, -0.15) is 13.4 Å². The molecule has 0 fully saturated rings. The van der Waals surface area contributed by atoms with E-state index in [0.29, 0.717) is 16.4 Å². The third kappa shape index (κ3) is 3.52. The van der Waals surface area contributed by atoms with Crippen LogP contribution in [0.4, 0.5) is 0 Å². The number of hydrogen-bond donors (Lipinski definition) is 0. The molecule has 0 N–H and O–H groups in total. The third-order valence-corrected chi connectivity index (χ3v) is 2.76. The minimum atomic E-state index is -3.53. The minimum Gasteiger partial charge on any atom is -0.336 e. The van der Waals surface area contributed by atoms with E-state index in [9.17, 15) is 8.42 Å². The van der Waals surface area contributed by atoms with Gasteiger partial charge in [0, 0.05) is 10.6 Å². The molecular formula is C10H9ClN2O4S. The van der Waals surface area contributed by atoms with Crippen LogP contribution in [0.3, 0.4) is 0 Å². The van der Waals surface area contributed by atoms with Crippen molar-refractivity contribution >= 4 is 21.7 Å². The molecule has 0 saturated heterocycles. The summed E-state index contributed by atoms with van der Waals surface area (Å²) in [7, 11) is -3.53. The Morgan fingerprint density at radius 3 is 2.61 bits per heavy atom. The Balaban J connectivity index is 2.13. The minimum absolute atomic E-state index is 0.0883. The predicted octanol–water partition coefficient (Wildman–Crippen LogP) is 1.87. The summed E-state index contributed by atoms with van der Waals surface area (Å²) in [6.45, 7) is -0.278. The Morgan fingerprint density at radius 2 is 2.00 bits per heavy atom. The Hall–Kier alpha value is -1.44. The fraction of sp³-hybridized carbons (Fsp3) is 0.200. The zero-order valence-electron chi connectivity index (χ0n) is 9.33. The fourth-order valence-electron chi connectivity index (χ4n) is 1.19. The molecule has 0 unspecified atom stereocenters. The van der Waals surface area contributed by atoms with Gasteiger partial charge in [0.25, 0.3) is 16.0 Å². The van der Waals surface area contributed by atoms with E-state index in [4.69, 9.17) is 16.1 Å². The van der Waals surface area contributed by atoms with Crippen molar-refractivity contribution in [3.8, 4) is 11.4 Å². The summed E-state index contributed by atoms with van der Waals surface area (Å²) in [6, 6.07) is 6.85. The van der Waals surface area contributed by atoms with Gasteiger partial charge in [0.2, 0.25) is 5.82 Å². The van der Waals surface area contributed by atoms with E-state index in [1.54, 1.807) is 24.3 Å². The molecule has 2 rings (SSSR count). The van der Waals surface area contributed by atoms with Crippen LogP contribution in [0.1, 0.15) is 5.89 Å². The van der Waals surface area contributed by atoms with Crippen LogP contribution >= 0.6 is 11.6 Å². The zero-order chi connectivity index (χ0) is 13.2. The second-order valence-corrected chi connectivity index (χ2v) is 5.57. The lowest BCUT2D eigenvalue weighted by Crippen LogP contribution is -2.02. The molecular weight excluding hydrogens is 280 g/mol. The quantitative estimate of drug-likeness (QED) is 0.799. The van der Waals surface area contributed by atoms with Gasteiger partial charge in [-0.3, -0.25) is 4.18 Å². The summed E-state index contributed by atoms with van der Waals surface area (Å²) in [5, 5.41) is 4.31. The second kappa shape index (κ2) is 5.05. The van der Waals surface area contributed by atoms with Crippen molar-refractivity contribution in [3.05, 3.63) is 35.2 Å². The average Bonchev–Trinajstić information content (AvgIpc) is 2.75. The van der Waals surface area contributed by atoms with Crippen molar-refractivity contribution in [2.24, 2.45) is 0 Å². The summed E-state index contributed by atoms with van der Waals surface area (Å²) in [5.41, 5.74) is 0.716. The Kier molecular flexibility index (Phi) is 3.65. The molecule has 0 radical (unpaired) electrons. The molecule has 0 bridgehead atoms. The number of rotatable bonds is 4. The van der Waals surface area contributed by atoms with Crippen LogP contribution in [-0.4, -0.2) is 24.8 Å². The highest BCUT2D eigenvalue weighted by Gasteiger charge is 2.11. The number of halogens is 1. The van der Waals surface area contributed by atoms with Crippen LogP contribution in [0, 0.1) is 0 Å². The smallest absolute Gasteiger partial charge is 0.264 e. The summed E-state index contributed by atoms with van der Waals surface area (Å²) in [4.78, 5) is 4.00. The zero-order valence-corrected chi connectivity index (χ0v) is 10.9. The largest absolute Gasteiger partial charge is 0.336 e. The normalized spacial score (nSPS) is 11.7. The molecule has 0 aliphatic heterocycles. The van der Waals surface area contributed by atoms with Gasteiger partial charge >= 0.3 is 0 Å². The molecule has 96 valence electrons. The molecule has 0 atom stereocenters. The standard InChI is InChI=1S/C10H9ClN2O4S/c1-18(14,15)16-6-9-12-10(13-17-9)7-2-4-8(11)5-3-7/h2-5H,6H2,1H3. The number of benzene rings is 1. The molecule has 6 nitrogen and oxygen atoms in total. The molecule has 1 heterocycles. The van der Waals surface area contributed by atoms with E-state index >= 15 is 0 Å². The Bertz CT molecular complexity index is 636. The van der Waals surface area contributed by atoms with E-state index in [-0.39, 0.29) is 12.5 Å². The van der Waals surface area contributed by atoms with Crippen LogP contribution in [0.2, 0.25) is 5.02 Å². The van der Waals surface area contributed by atoms with Gasteiger partial charge in [-0.05, 0) is 24.3 Å². The van der Waals surface area contributed by atoms with Crippen molar-refractivity contribution in [3.63, 3.8) is 0 Å². The van der Waals surface area contributed by atoms with Gasteiger partial charge in [-0.15, -0.1) is 0 Å². The first kappa shape index (κ1) is 13.0. The van der Waals surface area contributed by atoms with E-state index in [1.165, 1.54) is 0 Å². The Labute approximate surface area is 109 Å². The van der Waals surface area contributed by atoms with E-state index in [0.717, 1.165) is 6.26 Å². The molecule has 1 aromatic heterocycles. The maximum Gasteiger partial charge on any atom is 0.264 e. The summed E-state index contributed by atoms with van der Waals surface area (Å²) >= 11 is 5.75. The van der Waals surface area contributed by atoms with Crippen molar-refractivity contribution in [2.75, 3.05) is 6.26 Å². The first-order valence-corrected chi connectivity index (χ1v) is 7.06. The molecule has 18 heavy (non-hydrogen) atoms. The molecule has 2 aromatic rings. The molecule has 8 heteroatoms. The number of aromatic nitrogens is 2. The summed E-state index contributed by atoms with van der Waals surface area (Å²) in [6.07, 6.45) is 0.948. The molecule has 0 saturated carbocycles. The molecule has 0 spiro atoms. The van der Waals surface area contributed by atoms with Crippen LogP contribution < -0.4 is 0 Å². The number of nitrogens with zero attached hydrogens (tertiary/aromatic N) is 2. The topological polar surface area (TPSA) is 82.3 Å². The molecule has 1 aromatic carbocycles. The lowest BCUT2D eigenvalue weighted by atomic mass is 10.2. The first-order valence-electron chi connectivity index (χ1n) is 4.87. The number of hydrogen-bond acceptors (Lipinski definition) is 6. The van der Waals surface area contributed by atoms with Gasteiger partial charge in [0.05, 0.1) is 6.26 Å². The maximum atomic E-state index is 10.8. The van der Waals surface area contributed by atoms with Crippen LogP contribution in [0.5, 0.6) is 0 Å². The monoisotopic (exact) mass is 288 g/mol. The lowest BCUT2D eigenvalue weighted by molar-refractivity contribution is 0.249. The average molecular weight is 289 g/mol. The summed E-state index contributed by atoms with van der Waals surface area (Å²) < 4.78 is 31.0. The van der Waals surface area contributed by atoms with Crippen molar-refractivity contribution in [2.45, 2.75) is 6.61 Å². The van der Waals surface area contributed by atoms with Gasteiger partial charge in [0.1, 0.15) is 6.61 Å². The summed E-state index contributed by atoms with van der Waals surface area (Å²) in [5.74, 6) is 0.434. The highest BCUT2D eigenvalue weighted by molar-refractivity contribution is 7.85. The van der Waals surface area contributed by atoms with Crippen molar-refractivity contribution in [1.29, 1.82) is 0 Å². The van der Waals surface area contributed by atoms with Crippen LogP contribution in [0.15, 0.2) is 28.8 Å². The van der Waals surface area contributed by atoms with Gasteiger partial charge in [-0.1, -0.05) is 16.8 Å². The van der Waals surface area contributed by atoms with E-state index in [1.807, 2.05) is 0 Å². The van der Waals surface area contributed by atoms with Crippen molar-refractivity contribution in [1.82, 2.24) is 10.1 Å². The second-order valence-electron chi connectivity index (χ2n) is 3.48. The first-order chi connectivity index (χ1) is 8.44. The highest BCUT2D eigenvalue weighted by Crippen LogP contribution is 2.18. The predicted molar refractivity (Wildman–Crippen MR) is 64.4 cm³/mol. The van der Waals surface area contributed by atoms with Gasteiger partial charge < -0.3 is 4.52 Å². The third-order valence-electron chi connectivity index (χ3n) is 1.97. The van der Waals surface area contributed by atoms with Gasteiger partial charge in [-0.25, -0.2) is 0 Å². The van der Waals surface area contributed by atoms with Gasteiger partial charge in [0.15, 0.2) is 0 Å². The Morgan fingerprint density at radius 1 is 1.33 bits per heavy atom. The molecule has 0 aliphatic carbocycles. The van der Waals surface area contributed by atoms with Crippen molar-refractivity contribution < 1.29 is 17.1 Å². The van der Waals surface area contributed by atoms with Crippen LogP contribution in [-0.2, 0) is 20.9 Å². The van der Waals surface area contributed by atoms with Crippen LogP contribution in [0.25, 0.3) is 11.4 Å². The lowest BCUT2D eigenvalue weighted by Gasteiger charge is -1.95. The SMILES string of the molecule is CS(=O)(=O)OCc1nc(-c2ccc(Cl)cc2)no1. The fourth-order valence-corrected chi connectivity index (χ4v) is 1.63. The highest BCUT2D eigenvalue weighted by atomic mass is 35.5. The van der Waals surface area contributed by atoms with E-state index in [2.05, 4.69) is 14.3 Å². The molecule has 0 amide bonds. The maximum absolute atomic E-state index is 10.8. The van der Waals surface area contributed by atoms with E-state index < -0.39 is 10.1 Å². The molecule has 0 aliphatic rings.